The van der Waals surface area contributed by atoms with Gasteiger partial charge in [0.05, 0.1) is 0 Å². The van der Waals surface area contributed by atoms with Gasteiger partial charge in [0.1, 0.15) is 9.15 Å². The Kier molecular flexibility index (Phi) is 3.11. The third-order valence-electron chi connectivity index (χ3n) is 0.330. The molecule has 0 aliphatic rings. The fourth-order valence-corrected chi connectivity index (χ4v) is 1.18. The van der Waals surface area contributed by atoms with Gasteiger partial charge < -0.3 is 4.55 Å². The second kappa shape index (κ2) is 3.11. The van der Waals surface area contributed by atoms with E-state index in [1.807, 2.05) is 0 Å². The molecule has 5 heteroatoms. The summed E-state index contributed by atoms with van der Waals surface area (Å²) in [4.78, 5) is 0. The van der Waals surface area contributed by atoms with Gasteiger partial charge in [0, 0.05) is 5.75 Å². The lowest BCUT2D eigenvalue weighted by molar-refractivity contribution is 0.482. The van der Waals surface area contributed by atoms with Crippen molar-refractivity contribution < 1.29 is 13.0 Å². The highest BCUT2D eigenvalue weighted by Gasteiger charge is 1.89. The first-order chi connectivity index (χ1) is 3.56. The van der Waals surface area contributed by atoms with Gasteiger partial charge in [-0.25, -0.2) is 8.42 Å². The molecule has 8 heavy (non-hydrogen) atoms. The Morgan fingerprint density at radius 2 is 2.25 bits per heavy atom. The van der Waals surface area contributed by atoms with Crippen molar-refractivity contribution in [1.29, 1.82) is 0 Å². The van der Waals surface area contributed by atoms with Crippen LogP contribution in [0.5, 0.6) is 0 Å². The molecule has 0 saturated heterocycles. The van der Waals surface area contributed by atoms with Crippen molar-refractivity contribution in [3.63, 3.8) is 0 Å². The third kappa shape index (κ3) is 6.00. The first-order valence-electron chi connectivity index (χ1n) is 1.77. The zero-order chi connectivity index (χ0) is 6.62. The second-order valence-electron chi connectivity index (χ2n) is 0.981. The van der Waals surface area contributed by atoms with Crippen LogP contribution in [0.3, 0.4) is 0 Å². The second-order valence-corrected chi connectivity index (χ2v) is 4.30. The van der Waals surface area contributed by atoms with E-state index in [4.69, 9.17) is 0 Å². The van der Waals surface area contributed by atoms with Crippen molar-refractivity contribution in [2.24, 2.45) is 0 Å². The van der Waals surface area contributed by atoms with Crippen LogP contribution in [-0.4, -0.2) is 18.7 Å². The summed E-state index contributed by atoms with van der Waals surface area (Å²) in [5.74, 6) is 0.159. The maximum absolute atomic E-state index is 9.75. The summed E-state index contributed by atoms with van der Waals surface area (Å²) in [7, 11) is -3.76. The summed E-state index contributed by atoms with van der Waals surface area (Å²) < 4.78 is 29.2. The van der Waals surface area contributed by atoms with Gasteiger partial charge in [0.15, 0.2) is 0 Å². The van der Waals surface area contributed by atoms with E-state index in [-0.39, 0.29) is 5.75 Å². The van der Waals surface area contributed by atoms with E-state index in [2.05, 4.69) is 6.58 Å². The summed E-state index contributed by atoms with van der Waals surface area (Å²) in [6.07, 6.45) is 1.36. The van der Waals surface area contributed by atoms with Crippen molar-refractivity contribution >= 4 is 19.9 Å². The summed E-state index contributed by atoms with van der Waals surface area (Å²) in [5, 5.41) is 0. The van der Waals surface area contributed by atoms with Crippen molar-refractivity contribution in [3.8, 4) is 0 Å². The minimum absolute atomic E-state index is 0.159. The molecule has 0 rings (SSSR count). The summed E-state index contributed by atoms with van der Waals surface area (Å²) in [6, 6.07) is 0. The molecule has 0 fully saturated rings. The van der Waals surface area contributed by atoms with Crippen LogP contribution >= 0.6 is 10.8 Å². The van der Waals surface area contributed by atoms with Gasteiger partial charge in [0.25, 0.3) is 0 Å². The van der Waals surface area contributed by atoms with E-state index in [1.165, 1.54) is 6.08 Å². The highest BCUT2D eigenvalue weighted by Crippen LogP contribution is 2.07. The normalized spacial score (nSPS) is 11.1. The predicted octanol–water partition coefficient (Wildman–Crippen LogP) is 0.366. The third-order valence-corrected chi connectivity index (χ3v) is 2.26. The Balaban J connectivity index is 3.57. The minimum Gasteiger partial charge on any atom is -0.739 e. The molecular weight excluding hydrogens is 148 g/mol. The van der Waals surface area contributed by atoms with Crippen LogP contribution in [-0.2, 0) is 9.15 Å². The summed E-state index contributed by atoms with van der Waals surface area (Å²) in [6.45, 7) is 3.24. The van der Waals surface area contributed by atoms with E-state index in [0.29, 0.717) is 10.8 Å². The van der Waals surface area contributed by atoms with Gasteiger partial charge in [-0.1, -0.05) is 6.08 Å². The Bertz CT molecular complexity index is 157. The van der Waals surface area contributed by atoms with E-state index < -0.39 is 9.15 Å². The van der Waals surface area contributed by atoms with Crippen LogP contribution < -0.4 is 0 Å². The molecule has 0 spiro atoms. The number of hydrogen-bond donors (Lipinski definition) is 0. The largest absolute Gasteiger partial charge is 0.739 e. The van der Waals surface area contributed by atoms with Gasteiger partial charge in [0.2, 0.25) is 0 Å². The van der Waals surface area contributed by atoms with Gasteiger partial charge in [-0.05, 0) is 10.8 Å². The van der Waals surface area contributed by atoms with E-state index in [1.54, 1.807) is 0 Å². The molecule has 0 radical (unpaired) electrons. The number of rotatable bonds is 3. The number of hydrogen-bond acceptors (Lipinski definition) is 4. The topological polar surface area (TPSA) is 57.2 Å². The highest BCUT2D eigenvalue weighted by molar-refractivity contribution is 8.69. The molecule has 0 bridgehead atoms. The van der Waals surface area contributed by atoms with E-state index in [0.717, 1.165) is 0 Å². The molecule has 0 saturated carbocycles. The summed E-state index contributed by atoms with van der Waals surface area (Å²) in [5.41, 5.74) is 0. The molecule has 0 aliphatic heterocycles. The van der Waals surface area contributed by atoms with Crippen LogP contribution in [0, 0.1) is 0 Å². The van der Waals surface area contributed by atoms with Crippen molar-refractivity contribution in [3.05, 3.63) is 12.7 Å². The van der Waals surface area contributed by atoms with Crippen LogP contribution in [0.25, 0.3) is 0 Å². The maximum atomic E-state index is 9.75. The molecule has 0 atom stereocenters. The highest BCUT2D eigenvalue weighted by atomic mass is 33.1. The van der Waals surface area contributed by atoms with Crippen molar-refractivity contribution in [1.82, 2.24) is 0 Å². The molecule has 0 unspecified atom stereocenters. The fraction of sp³-hybridized carbons (Fsp3) is 0.333. The lowest BCUT2D eigenvalue weighted by Crippen LogP contribution is -1.89. The van der Waals surface area contributed by atoms with Crippen LogP contribution in [0.1, 0.15) is 0 Å². The van der Waals surface area contributed by atoms with Crippen LogP contribution in [0.4, 0.5) is 0 Å². The smallest absolute Gasteiger partial charge is 0.149 e. The first-order valence-corrected chi connectivity index (χ1v) is 4.68. The standard InChI is InChI=1S/C3H6O3S2/c1-2-3-7-8(4,5)6/h2H,1,3H2,(H,4,5,6)/p-1. The van der Waals surface area contributed by atoms with Gasteiger partial charge in [-0.15, -0.1) is 6.58 Å². The molecular formula is C3H5O3S2-. The Morgan fingerprint density at radius 1 is 1.75 bits per heavy atom. The Labute approximate surface area is 51.9 Å². The van der Waals surface area contributed by atoms with E-state index >= 15 is 0 Å². The van der Waals surface area contributed by atoms with Crippen LogP contribution in [0.2, 0.25) is 0 Å². The zero-order valence-electron chi connectivity index (χ0n) is 4.03. The van der Waals surface area contributed by atoms with E-state index in [9.17, 15) is 13.0 Å². The average Bonchev–Trinajstić information content (AvgIpc) is 1.59. The average molecular weight is 153 g/mol. The molecule has 0 N–H and O–H groups in total. The van der Waals surface area contributed by atoms with Crippen molar-refractivity contribution in [2.75, 3.05) is 5.75 Å². The lowest BCUT2D eigenvalue weighted by atomic mass is 10.8. The molecule has 3 nitrogen and oxygen atoms in total. The minimum atomic E-state index is -4.09. The fourth-order valence-electron chi connectivity index (χ4n) is 0.131. The molecule has 0 aliphatic carbocycles. The summed E-state index contributed by atoms with van der Waals surface area (Å²) >= 11 is 0. The molecule has 0 aromatic rings. The quantitative estimate of drug-likeness (QED) is 0.334. The predicted molar refractivity (Wildman–Crippen MR) is 32.4 cm³/mol. The SMILES string of the molecule is C=CCSS(=O)(=O)[O-]. The molecule has 0 amide bonds. The van der Waals surface area contributed by atoms with Gasteiger partial charge in [-0.3, -0.25) is 0 Å². The first kappa shape index (κ1) is 8.00. The molecule has 48 valence electrons. The molecule has 0 heterocycles. The monoisotopic (exact) mass is 153 g/mol. The van der Waals surface area contributed by atoms with Crippen LogP contribution in [0.15, 0.2) is 12.7 Å². The molecule has 0 aromatic carbocycles. The maximum Gasteiger partial charge on any atom is 0.149 e. The van der Waals surface area contributed by atoms with Gasteiger partial charge >= 0.3 is 0 Å². The Morgan fingerprint density at radius 3 is 2.38 bits per heavy atom. The lowest BCUT2D eigenvalue weighted by Gasteiger charge is -2.00. The van der Waals surface area contributed by atoms with Crippen molar-refractivity contribution in [2.45, 2.75) is 0 Å². The Hall–Kier alpha value is -0.0000000000000000763. The zero-order valence-corrected chi connectivity index (χ0v) is 5.67. The van der Waals surface area contributed by atoms with Gasteiger partial charge in [-0.2, -0.15) is 0 Å². The molecule has 0 aromatic heterocycles.